The number of carbonyl (C=O) groups is 1. The van der Waals surface area contributed by atoms with Crippen LogP contribution < -0.4 is 11.3 Å². The molecule has 40 valence electrons. The summed E-state index contributed by atoms with van der Waals surface area (Å²) in [5.74, 6) is 4.58. The smallest absolute Gasteiger partial charge is 0.273 e. The first-order valence-electron chi connectivity index (χ1n) is 1.34. The van der Waals surface area contributed by atoms with E-state index >= 15 is 0 Å². The molecule has 3 N–H and O–H groups in total. The summed E-state index contributed by atoms with van der Waals surface area (Å²) < 4.78 is 2.95. The summed E-state index contributed by atoms with van der Waals surface area (Å²) in [6, 6.07) is -0.683. The molecule has 0 fully saturated rings. The highest BCUT2D eigenvalue weighted by Gasteiger charge is 1.86. The van der Waals surface area contributed by atoms with Crippen molar-refractivity contribution in [3.8, 4) is 0 Å². The van der Waals surface area contributed by atoms with Gasteiger partial charge in [0.2, 0.25) is 0 Å². The highest BCUT2D eigenvalue weighted by atomic mass is 79.9. The minimum atomic E-state index is -0.683. The number of nitrogens with zero attached hydrogens (tertiary/aromatic N) is 2. The molecule has 0 aromatic carbocycles. The summed E-state index contributed by atoms with van der Waals surface area (Å²) in [5.41, 5.74) is 1.74. The average molecular weight is 167 g/mol. The zero-order valence-electron chi connectivity index (χ0n) is 3.26. The van der Waals surface area contributed by atoms with Gasteiger partial charge in [-0.2, -0.15) is 0 Å². The second kappa shape index (κ2) is 3.69. The standard InChI is InChI=1S/CH3BrN4O/c2-6-5-1(7)4-3/h3H2,(H,4,7). The lowest BCUT2D eigenvalue weighted by molar-refractivity contribution is 0.248. The van der Waals surface area contributed by atoms with Gasteiger partial charge >= 0.3 is 6.03 Å². The number of nitrogens with two attached hydrogens (primary N) is 1. The van der Waals surface area contributed by atoms with Crippen molar-refractivity contribution in [1.29, 1.82) is 0 Å². The van der Waals surface area contributed by atoms with E-state index in [0.29, 0.717) is 0 Å². The molecule has 0 aliphatic rings. The maximum absolute atomic E-state index is 9.89. The van der Waals surface area contributed by atoms with Crippen molar-refractivity contribution >= 4 is 22.2 Å². The van der Waals surface area contributed by atoms with Crippen LogP contribution in [-0.4, -0.2) is 6.03 Å². The Balaban J connectivity index is 3.37. The largest absolute Gasteiger partial charge is 0.374 e. The molecule has 0 bridgehead atoms. The van der Waals surface area contributed by atoms with Crippen molar-refractivity contribution in [2.24, 2.45) is 15.1 Å². The molecule has 0 aliphatic carbocycles. The van der Waals surface area contributed by atoms with Crippen LogP contribution >= 0.6 is 16.1 Å². The fourth-order valence-electron chi connectivity index (χ4n) is 0.0632. The van der Waals surface area contributed by atoms with Crippen LogP contribution in [0.1, 0.15) is 0 Å². The number of hydrogen-bond acceptors (Lipinski definition) is 3. The van der Waals surface area contributed by atoms with Crippen LogP contribution in [0.2, 0.25) is 0 Å². The van der Waals surface area contributed by atoms with Crippen molar-refractivity contribution in [2.45, 2.75) is 0 Å². The molecule has 5 nitrogen and oxygen atoms in total. The third kappa shape index (κ3) is 3.34. The van der Waals surface area contributed by atoms with Crippen molar-refractivity contribution in [3.05, 3.63) is 0 Å². The SMILES string of the molecule is NNC(=O)N=NBr. The molecule has 0 aliphatic heterocycles. The minimum Gasteiger partial charge on any atom is -0.273 e. The highest BCUT2D eigenvalue weighted by molar-refractivity contribution is 9.08. The quantitative estimate of drug-likeness (QED) is 0.236. The molecule has 0 saturated heterocycles. The van der Waals surface area contributed by atoms with Crippen LogP contribution in [-0.2, 0) is 0 Å². The van der Waals surface area contributed by atoms with E-state index in [4.69, 9.17) is 0 Å². The van der Waals surface area contributed by atoms with Gasteiger partial charge in [0.05, 0.1) is 0 Å². The molecule has 0 radical (unpaired) electrons. The van der Waals surface area contributed by atoms with E-state index in [2.05, 4.69) is 31.2 Å². The summed E-state index contributed by atoms with van der Waals surface area (Å²) in [5, 5.41) is 2.91. The average Bonchev–Trinajstić information content (AvgIpc) is 1.68. The summed E-state index contributed by atoms with van der Waals surface area (Å²) >= 11 is 2.53. The van der Waals surface area contributed by atoms with Crippen LogP contribution in [0.15, 0.2) is 9.25 Å². The van der Waals surface area contributed by atoms with E-state index in [1.165, 1.54) is 0 Å². The molecule has 0 unspecified atom stereocenters. The van der Waals surface area contributed by atoms with Crippen molar-refractivity contribution in [3.63, 3.8) is 0 Å². The minimum absolute atomic E-state index is 0.683. The molecule has 0 rings (SSSR count). The van der Waals surface area contributed by atoms with Gasteiger partial charge < -0.3 is 0 Å². The molecule has 0 aromatic heterocycles. The third-order valence-corrected chi connectivity index (χ3v) is 0.411. The Morgan fingerprint density at radius 3 is 2.57 bits per heavy atom. The number of rotatable bonds is 0. The Labute approximate surface area is 48.3 Å². The zero-order chi connectivity index (χ0) is 5.70. The zero-order valence-corrected chi connectivity index (χ0v) is 4.84. The van der Waals surface area contributed by atoms with E-state index in [1.54, 1.807) is 5.43 Å². The second-order valence-corrected chi connectivity index (χ2v) is 0.942. The number of carbonyl (C=O) groups excluding carboxylic acids is 1. The number of halogens is 1. The summed E-state index contributed by atoms with van der Waals surface area (Å²) in [6.45, 7) is 0. The molecule has 7 heavy (non-hydrogen) atoms. The van der Waals surface area contributed by atoms with E-state index in [1.807, 2.05) is 0 Å². The third-order valence-electron chi connectivity index (χ3n) is 0.252. The van der Waals surface area contributed by atoms with Gasteiger partial charge in [0.25, 0.3) is 0 Å². The Morgan fingerprint density at radius 1 is 1.86 bits per heavy atom. The summed E-state index contributed by atoms with van der Waals surface area (Å²) in [6.07, 6.45) is 0. The Morgan fingerprint density at radius 2 is 2.43 bits per heavy atom. The number of hydrogen-bond donors (Lipinski definition) is 2. The van der Waals surface area contributed by atoms with E-state index < -0.39 is 6.03 Å². The molecule has 2 amide bonds. The van der Waals surface area contributed by atoms with Gasteiger partial charge in [0, 0.05) is 0 Å². The van der Waals surface area contributed by atoms with Gasteiger partial charge in [-0.15, -0.1) is 4.14 Å². The van der Waals surface area contributed by atoms with Gasteiger partial charge in [-0.25, -0.2) is 10.6 Å². The number of hydrazine groups is 1. The Kier molecular flexibility index (Phi) is 3.43. The molecule has 6 heteroatoms. The lowest BCUT2D eigenvalue weighted by Gasteiger charge is -1.81. The molecular formula is CH3BrN4O. The summed E-state index contributed by atoms with van der Waals surface area (Å²) in [7, 11) is 0. The predicted octanol–water partition coefficient (Wildman–Crippen LogP) is 0.332. The van der Waals surface area contributed by atoms with Crippen molar-refractivity contribution in [2.75, 3.05) is 0 Å². The number of urea groups is 1. The highest BCUT2D eigenvalue weighted by Crippen LogP contribution is 1.82. The maximum atomic E-state index is 9.89. The van der Waals surface area contributed by atoms with Crippen LogP contribution in [0.5, 0.6) is 0 Å². The van der Waals surface area contributed by atoms with Gasteiger partial charge in [-0.05, 0) is 0 Å². The Bertz CT molecular complexity index is 89.7. The van der Waals surface area contributed by atoms with E-state index in [9.17, 15) is 4.79 Å². The molecule has 0 aromatic rings. The van der Waals surface area contributed by atoms with Crippen molar-refractivity contribution < 1.29 is 4.79 Å². The molecule has 0 saturated carbocycles. The van der Waals surface area contributed by atoms with Gasteiger partial charge in [0.15, 0.2) is 0 Å². The van der Waals surface area contributed by atoms with Gasteiger partial charge in [0.1, 0.15) is 16.1 Å². The Hall–Kier alpha value is -0.490. The first-order valence-corrected chi connectivity index (χ1v) is 2.04. The first kappa shape index (κ1) is 6.51. The first-order chi connectivity index (χ1) is 3.31. The lowest BCUT2D eigenvalue weighted by atomic mass is 11.1. The van der Waals surface area contributed by atoms with E-state index in [-0.39, 0.29) is 0 Å². The fourth-order valence-corrected chi connectivity index (χ4v) is 0.207. The topological polar surface area (TPSA) is 79.8 Å². The maximum Gasteiger partial charge on any atom is 0.374 e. The molecule has 0 atom stereocenters. The van der Waals surface area contributed by atoms with Gasteiger partial charge in [-0.1, -0.05) is 5.11 Å². The van der Waals surface area contributed by atoms with Crippen molar-refractivity contribution in [1.82, 2.24) is 5.43 Å². The second-order valence-electron chi connectivity index (χ2n) is 0.625. The molecular weight excluding hydrogens is 164 g/mol. The van der Waals surface area contributed by atoms with Crippen LogP contribution in [0.4, 0.5) is 4.79 Å². The van der Waals surface area contributed by atoms with Crippen LogP contribution in [0.3, 0.4) is 0 Å². The summed E-state index contributed by atoms with van der Waals surface area (Å²) in [4.78, 5) is 9.89. The predicted molar refractivity (Wildman–Crippen MR) is 26.5 cm³/mol. The van der Waals surface area contributed by atoms with Crippen LogP contribution in [0.25, 0.3) is 0 Å². The lowest BCUT2D eigenvalue weighted by Crippen LogP contribution is -2.26. The monoisotopic (exact) mass is 166 g/mol. The fraction of sp³-hybridized carbons (Fsp3) is 0. The molecule has 0 spiro atoms. The number of nitrogens with one attached hydrogen (secondary N) is 1. The van der Waals surface area contributed by atoms with E-state index in [0.717, 1.165) is 0 Å². The number of amides is 2. The normalized spacial score (nSPS) is 9.43. The van der Waals surface area contributed by atoms with Gasteiger partial charge in [-0.3, -0.25) is 5.43 Å². The van der Waals surface area contributed by atoms with Crippen LogP contribution in [0, 0.1) is 0 Å². The molecule has 0 heterocycles.